The maximum Gasteiger partial charge on any atom is 0.231 e. The predicted octanol–water partition coefficient (Wildman–Crippen LogP) is 2.84. The first-order valence-electron chi connectivity index (χ1n) is 7.78. The number of aliphatic hydroxyl groups is 1. The average molecular weight is 291 g/mol. The highest BCUT2D eigenvalue weighted by Crippen LogP contribution is 2.40. The van der Waals surface area contributed by atoms with E-state index in [1.807, 2.05) is 18.2 Å². The highest BCUT2D eigenvalue weighted by Gasteiger charge is 2.36. The lowest BCUT2D eigenvalue weighted by Gasteiger charge is -2.40. The maximum absolute atomic E-state index is 10.6. The van der Waals surface area contributed by atoms with E-state index >= 15 is 0 Å². The zero-order valence-corrected chi connectivity index (χ0v) is 12.9. The van der Waals surface area contributed by atoms with E-state index in [-0.39, 0.29) is 0 Å². The lowest BCUT2D eigenvalue weighted by molar-refractivity contribution is -0.0245. The van der Waals surface area contributed by atoms with Crippen molar-refractivity contribution in [1.29, 1.82) is 0 Å². The van der Waals surface area contributed by atoms with Crippen molar-refractivity contribution >= 4 is 0 Å². The summed E-state index contributed by atoms with van der Waals surface area (Å²) in [6.45, 7) is 6.26. The van der Waals surface area contributed by atoms with E-state index in [9.17, 15) is 5.11 Å². The number of hydrogen-bond donors (Lipinski definition) is 2. The van der Waals surface area contributed by atoms with E-state index in [0.717, 1.165) is 49.3 Å². The molecule has 0 spiro atoms. The lowest BCUT2D eigenvalue weighted by Crippen LogP contribution is -2.44. The largest absolute Gasteiger partial charge is 0.454 e. The third-order valence-corrected chi connectivity index (χ3v) is 4.75. The topological polar surface area (TPSA) is 50.7 Å². The molecule has 2 aliphatic rings. The van der Waals surface area contributed by atoms with Crippen LogP contribution >= 0.6 is 0 Å². The van der Waals surface area contributed by atoms with Crippen LogP contribution in [0.1, 0.15) is 45.1 Å². The Morgan fingerprint density at radius 1 is 1.10 bits per heavy atom. The van der Waals surface area contributed by atoms with Gasteiger partial charge in [0.15, 0.2) is 11.5 Å². The van der Waals surface area contributed by atoms with Crippen LogP contribution in [0.4, 0.5) is 0 Å². The van der Waals surface area contributed by atoms with Crippen LogP contribution in [0, 0.1) is 5.41 Å². The van der Waals surface area contributed by atoms with Crippen LogP contribution in [0.2, 0.25) is 0 Å². The first-order valence-corrected chi connectivity index (χ1v) is 7.78. The van der Waals surface area contributed by atoms with Crippen LogP contribution in [0.25, 0.3) is 0 Å². The standard InChI is InChI=1S/C17H25NO3/c1-16(2)5-7-17(19,8-6-16)11-18-10-13-3-4-14-15(9-13)21-12-20-14/h3-4,9,18-19H,5-8,10-12H2,1-2H3. The van der Waals surface area contributed by atoms with Crippen LogP contribution in [0.5, 0.6) is 11.5 Å². The SMILES string of the molecule is CC1(C)CCC(O)(CNCc2ccc3c(c2)OCO3)CC1. The van der Waals surface area contributed by atoms with Gasteiger partial charge in [0.05, 0.1) is 5.60 Å². The third-order valence-electron chi connectivity index (χ3n) is 4.75. The summed E-state index contributed by atoms with van der Waals surface area (Å²) in [5, 5.41) is 14.0. The van der Waals surface area contributed by atoms with Crippen LogP contribution in [-0.4, -0.2) is 24.0 Å². The molecule has 0 amide bonds. The minimum atomic E-state index is -0.550. The summed E-state index contributed by atoms with van der Waals surface area (Å²) in [6.07, 6.45) is 3.95. The van der Waals surface area contributed by atoms with Crippen molar-refractivity contribution in [2.45, 2.75) is 51.7 Å². The number of rotatable bonds is 4. The molecule has 116 valence electrons. The minimum Gasteiger partial charge on any atom is -0.454 e. The summed E-state index contributed by atoms with van der Waals surface area (Å²) < 4.78 is 10.7. The molecule has 1 aliphatic heterocycles. The van der Waals surface area contributed by atoms with Crippen LogP contribution in [-0.2, 0) is 6.54 Å². The fourth-order valence-electron chi connectivity index (χ4n) is 3.06. The van der Waals surface area contributed by atoms with Crippen LogP contribution < -0.4 is 14.8 Å². The molecule has 0 aromatic heterocycles. The second-order valence-corrected chi connectivity index (χ2v) is 7.18. The van der Waals surface area contributed by atoms with Crippen molar-refractivity contribution in [3.63, 3.8) is 0 Å². The van der Waals surface area contributed by atoms with E-state index in [1.165, 1.54) is 0 Å². The average Bonchev–Trinajstić information content (AvgIpc) is 2.90. The normalized spacial score (nSPS) is 22.2. The molecular formula is C17H25NO3. The Morgan fingerprint density at radius 3 is 2.57 bits per heavy atom. The van der Waals surface area contributed by atoms with Gasteiger partial charge < -0.3 is 19.9 Å². The Morgan fingerprint density at radius 2 is 1.81 bits per heavy atom. The van der Waals surface area contributed by atoms with Gasteiger partial charge in [0.25, 0.3) is 0 Å². The van der Waals surface area contributed by atoms with Crippen molar-refractivity contribution in [3.05, 3.63) is 23.8 Å². The summed E-state index contributed by atoms with van der Waals surface area (Å²) in [5.74, 6) is 1.62. The maximum atomic E-state index is 10.6. The molecule has 1 heterocycles. The van der Waals surface area contributed by atoms with Gasteiger partial charge >= 0.3 is 0 Å². The molecule has 1 aromatic carbocycles. The predicted molar refractivity (Wildman–Crippen MR) is 81.5 cm³/mol. The quantitative estimate of drug-likeness (QED) is 0.895. The van der Waals surface area contributed by atoms with Gasteiger partial charge in [0.1, 0.15) is 0 Å². The molecule has 0 bridgehead atoms. The van der Waals surface area contributed by atoms with Gasteiger partial charge in [-0.1, -0.05) is 19.9 Å². The Hall–Kier alpha value is -1.26. The Kier molecular flexibility index (Phi) is 3.84. The van der Waals surface area contributed by atoms with Gasteiger partial charge in [-0.05, 0) is 48.8 Å². The molecule has 3 rings (SSSR count). The summed E-state index contributed by atoms with van der Waals surface area (Å²) in [4.78, 5) is 0. The first kappa shape index (κ1) is 14.7. The van der Waals surface area contributed by atoms with Gasteiger partial charge in [0, 0.05) is 13.1 Å². The number of fused-ring (bicyclic) bond motifs is 1. The van der Waals surface area contributed by atoms with Crippen LogP contribution in [0.15, 0.2) is 18.2 Å². The fourth-order valence-corrected chi connectivity index (χ4v) is 3.06. The molecule has 0 saturated heterocycles. The van der Waals surface area contributed by atoms with Gasteiger partial charge in [-0.15, -0.1) is 0 Å². The second-order valence-electron chi connectivity index (χ2n) is 7.18. The van der Waals surface area contributed by atoms with Crippen molar-refractivity contribution < 1.29 is 14.6 Å². The Labute approximate surface area is 126 Å². The Bertz CT molecular complexity index is 503. The summed E-state index contributed by atoms with van der Waals surface area (Å²) in [7, 11) is 0. The second kappa shape index (κ2) is 5.50. The number of nitrogens with one attached hydrogen (secondary N) is 1. The van der Waals surface area contributed by atoms with Crippen molar-refractivity contribution in [1.82, 2.24) is 5.32 Å². The Balaban J connectivity index is 1.50. The van der Waals surface area contributed by atoms with E-state index in [2.05, 4.69) is 19.2 Å². The number of hydrogen-bond acceptors (Lipinski definition) is 4. The zero-order chi connectivity index (χ0) is 14.9. The van der Waals surface area contributed by atoms with Crippen molar-refractivity contribution in [3.8, 4) is 11.5 Å². The van der Waals surface area contributed by atoms with Crippen molar-refractivity contribution in [2.24, 2.45) is 5.41 Å². The van der Waals surface area contributed by atoms with Gasteiger partial charge in [-0.25, -0.2) is 0 Å². The third kappa shape index (κ3) is 3.50. The van der Waals surface area contributed by atoms with Gasteiger partial charge in [-0.2, -0.15) is 0 Å². The molecule has 0 radical (unpaired) electrons. The van der Waals surface area contributed by atoms with E-state index in [1.54, 1.807) is 0 Å². The smallest absolute Gasteiger partial charge is 0.231 e. The minimum absolute atomic E-state index is 0.307. The molecule has 1 saturated carbocycles. The van der Waals surface area contributed by atoms with Crippen LogP contribution in [0.3, 0.4) is 0 Å². The number of ether oxygens (including phenoxy) is 2. The van der Waals surface area contributed by atoms with E-state index in [4.69, 9.17) is 9.47 Å². The molecular weight excluding hydrogens is 266 g/mol. The highest BCUT2D eigenvalue weighted by molar-refractivity contribution is 5.44. The summed E-state index contributed by atoms with van der Waals surface area (Å²) in [6, 6.07) is 5.98. The van der Waals surface area contributed by atoms with Gasteiger partial charge in [-0.3, -0.25) is 0 Å². The molecule has 0 atom stereocenters. The highest BCUT2D eigenvalue weighted by atomic mass is 16.7. The zero-order valence-electron chi connectivity index (χ0n) is 12.9. The number of benzene rings is 1. The lowest BCUT2D eigenvalue weighted by atomic mass is 9.71. The molecule has 21 heavy (non-hydrogen) atoms. The molecule has 2 N–H and O–H groups in total. The van der Waals surface area contributed by atoms with E-state index < -0.39 is 5.60 Å². The fraction of sp³-hybridized carbons (Fsp3) is 0.647. The summed E-state index contributed by atoms with van der Waals surface area (Å²) in [5.41, 5.74) is 0.981. The molecule has 1 aliphatic carbocycles. The molecule has 0 unspecified atom stereocenters. The molecule has 4 heteroatoms. The molecule has 1 fully saturated rings. The first-order chi connectivity index (χ1) is 9.96. The monoisotopic (exact) mass is 291 g/mol. The summed E-state index contributed by atoms with van der Waals surface area (Å²) >= 11 is 0. The molecule has 1 aromatic rings. The van der Waals surface area contributed by atoms with Gasteiger partial charge in [0.2, 0.25) is 6.79 Å². The van der Waals surface area contributed by atoms with E-state index in [0.29, 0.717) is 18.8 Å². The molecule has 4 nitrogen and oxygen atoms in total. The van der Waals surface area contributed by atoms with Crippen molar-refractivity contribution in [2.75, 3.05) is 13.3 Å².